The van der Waals surface area contributed by atoms with Gasteiger partial charge in [-0.15, -0.1) is 11.3 Å². The van der Waals surface area contributed by atoms with E-state index >= 15 is 0 Å². The number of hydrogen-bond donors (Lipinski definition) is 2. The number of anilines is 1. The standard InChI is InChI=1S/C21H18N2O4S/c1-12-18(27-16-10-6-5-9-15(16)26-12)20(25)23-21-14(19(22)24)11-17(28-21)13-7-3-2-4-8-13/h2-12,18H,1H3,(H2,22,24)(H,23,25)/t12-,18-/m1/s1. The monoisotopic (exact) mass is 394 g/mol. The fraction of sp³-hybridized carbons (Fsp3) is 0.143. The van der Waals surface area contributed by atoms with Crippen LogP contribution < -0.4 is 20.5 Å². The number of amides is 2. The molecule has 0 radical (unpaired) electrons. The van der Waals surface area contributed by atoms with E-state index in [-0.39, 0.29) is 5.56 Å². The van der Waals surface area contributed by atoms with E-state index in [0.717, 1.165) is 10.4 Å². The van der Waals surface area contributed by atoms with E-state index in [1.807, 2.05) is 42.5 Å². The zero-order valence-corrected chi connectivity index (χ0v) is 15.9. The Balaban J connectivity index is 1.59. The number of carbonyl (C=O) groups is 2. The molecule has 3 N–H and O–H groups in total. The number of ether oxygens (including phenoxy) is 2. The molecule has 1 aliphatic heterocycles. The summed E-state index contributed by atoms with van der Waals surface area (Å²) in [6.07, 6.45) is -1.33. The maximum Gasteiger partial charge on any atom is 0.269 e. The number of hydrogen-bond acceptors (Lipinski definition) is 5. The number of thiophene rings is 1. The number of nitrogens with two attached hydrogens (primary N) is 1. The Labute approximate surface area is 165 Å². The van der Waals surface area contributed by atoms with Crippen LogP contribution in [0.2, 0.25) is 0 Å². The van der Waals surface area contributed by atoms with Gasteiger partial charge in [-0.2, -0.15) is 0 Å². The highest BCUT2D eigenvalue weighted by atomic mass is 32.1. The number of benzene rings is 2. The highest BCUT2D eigenvalue weighted by Gasteiger charge is 2.34. The molecule has 6 nitrogen and oxygen atoms in total. The van der Waals surface area contributed by atoms with Crippen molar-refractivity contribution in [3.8, 4) is 21.9 Å². The fourth-order valence-electron chi connectivity index (χ4n) is 3.00. The number of carbonyl (C=O) groups excluding carboxylic acids is 2. The van der Waals surface area contributed by atoms with Crippen LogP contribution in [0.5, 0.6) is 11.5 Å². The molecule has 0 spiro atoms. The molecule has 0 unspecified atom stereocenters. The van der Waals surface area contributed by atoms with Gasteiger partial charge in [0.05, 0.1) is 5.56 Å². The zero-order valence-electron chi connectivity index (χ0n) is 15.0. The number of nitrogens with one attached hydrogen (secondary N) is 1. The minimum Gasteiger partial charge on any atom is -0.482 e. The third-order valence-electron chi connectivity index (χ3n) is 4.39. The van der Waals surface area contributed by atoms with Crippen LogP contribution in [0.4, 0.5) is 5.00 Å². The summed E-state index contributed by atoms with van der Waals surface area (Å²) >= 11 is 1.29. The van der Waals surface area contributed by atoms with Gasteiger partial charge in [0.15, 0.2) is 11.5 Å². The van der Waals surface area contributed by atoms with Crippen LogP contribution in [0.1, 0.15) is 17.3 Å². The minimum absolute atomic E-state index is 0.266. The molecule has 3 aromatic rings. The molecule has 0 fully saturated rings. The third kappa shape index (κ3) is 3.44. The second-order valence-corrected chi connectivity index (χ2v) is 7.43. The van der Waals surface area contributed by atoms with Gasteiger partial charge in [0, 0.05) is 4.88 Å². The lowest BCUT2D eigenvalue weighted by Crippen LogP contribution is -2.46. The topological polar surface area (TPSA) is 90.7 Å². The van der Waals surface area contributed by atoms with Gasteiger partial charge < -0.3 is 20.5 Å². The smallest absolute Gasteiger partial charge is 0.269 e. The summed E-state index contributed by atoms with van der Waals surface area (Å²) in [4.78, 5) is 25.6. The Bertz CT molecular complexity index is 1030. The zero-order chi connectivity index (χ0) is 19.7. The van der Waals surface area contributed by atoms with Crippen molar-refractivity contribution in [2.24, 2.45) is 5.73 Å². The van der Waals surface area contributed by atoms with Crippen LogP contribution in [-0.2, 0) is 4.79 Å². The Kier molecular flexibility index (Phi) is 4.75. The lowest BCUT2D eigenvalue weighted by atomic mass is 10.1. The van der Waals surface area contributed by atoms with Gasteiger partial charge in [-0.05, 0) is 30.7 Å². The summed E-state index contributed by atoms with van der Waals surface area (Å²) in [6.45, 7) is 1.76. The average molecular weight is 394 g/mol. The van der Waals surface area contributed by atoms with Crippen molar-refractivity contribution in [3.05, 3.63) is 66.2 Å². The summed E-state index contributed by atoms with van der Waals surface area (Å²) in [5.41, 5.74) is 6.72. The van der Waals surface area contributed by atoms with Crippen molar-refractivity contribution < 1.29 is 19.1 Å². The third-order valence-corrected chi connectivity index (χ3v) is 5.49. The average Bonchev–Trinajstić information content (AvgIpc) is 3.12. The fourth-order valence-corrected chi connectivity index (χ4v) is 4.07. The first-order valence-corrected chi connectivity index (χ1v) is 9.57. The maximum absolute atomic E-state index is 12.8. The lowest BCUT2D eigenvalue weighted by molar-refractivity contribution is -0.127. The maximum atomic E-state index is 12.8. The molecule has 2 heterocycles. The molecule has 0 bridgehead atoms. The second kappa shape index (κ2) is 7.36. The quantitative estimate of drug-likeness (QED) is 0.706. The first-order valence-electron chi connectivity index (χ1n) is 8.75. The highest BCUT2D eigenvalue weighted by molar-refractivity contribution is 7.20. The van der Waals surface area contributed by atoms with Crippen molar-refractivity contribution in [3.63, 3.8) is 0 Å². The summed E-state index contributed by atoms with van der Waals surface area (Å²) in [5, 5.41) is 3.18. The first-order chi connectivity index (χ1) is 13.5. The van der Waals surface area contributed by atoms with Crippen molar-refractivity contribution in [2.45, 2.75) is 19.1 Å². The minimum atomic E-state index is -0.849. The second-order valence-electron chi connectivity index (χ2n) is 6.38. The van der Waals surface area contributed by atoms with E-state index < -0.39 is 24.0 Å². The first kappa shape index (κ1) is 18.1. The van der Waals surface area contributed by atoms with Gasteiger partial charge >= 0.3 is 0 Å². The van der Waals surface area contributed by atoms with E-state index in [4.69, 9.17) is 15.2 Å². The van der Waals surface area contributed by atoms with Crippen LogP contribution in [0.25, 0.3) is 10.4 Å². The Morgan fingerprint density at radius 1 is 1.00 bits per heavy atom. The van der Waals surface area contributed by atoms with Gasteiger partial charge in [-0.1, -0.05) is 42.5 Å². The number of fused-ring (bicyclic) bond motifs is 1. The van der Waals surface area contributed by atoms with E-state index in [0.29, 0.717) is 16.5 Å². The predicted molar refractivity (Wildman–Crippen MR) is 108 cm³/mol. The predicted octanol–water partition coefficient (Wildman–Crippen LogP) is 3.68. The van der Waals surface area contributed by atoms with Crippen LogP contribution in [0.3, 0.4) is 0 Å². The highest BCUT2D eigenvalue weighted by Crippen LogP contribution is 2.37. The molecule has 7 heteroatoms. The van der Waals surface area contributed by atoms with Gasteiger partial charge in [0.1, 0.15) is 11.1 Å². The molecule has 2 amide bonds. The molecule has 28 heavy (non-hydrogen) atoms. The van der Waals surface area contributed by atoms with Crippen LogP contribution >= 0.6 is 11.3 Å². The Morgan fingerprint density at radius 2 is 1.64 bits per heavy atom. The summed E-state index contributed by atoms with van der Waals surface area (Å²) in [5.74, 6) is 0.102. The summed E-state index contributed by atoms with van der Waals surface area (Å²) in [7, 11) is 0. The summed E-state index contributed by atoms with van der Waals surface area (Å²) < 4.78 is 11.6. The molecule has 142 valence electrons. The normalized spacial score (nSPS) is 17.8. The Morgan fingerprint density at radius 3 is 2.32 bits per heavy atom. The van der Waals surface area contributed by atoms with Crippen molar-refractivity contribution in [2.75, 3.05) is 5.32 Å². The van der Waals surface area contributed by atoms with Gasteiger partial charge in [0.2, 0.25) is 6.10 Å². The van der Waals surface area contributed by atoms with Gasteiger partial charge in [-0.3, -0.25) is 9.59 Å². The molecule has 1 aliphatic rings. The molecule has 2 aromatic carbocycles. The largest absolute Gasteiger partial charge is 0.482 e. The van der Waals surface area contributed by atoms with E-state index in [2.05, 4.69) is 5.32 Å². The van der Waals surface area contributed by atoms with E-state index in [9.17, 15) is 9.59 Å². The molecule has 1 aromatic heterocycles. The molecular weight excluding hydrogens is 376 g/mol. The summed E-state index contributed by atoms with van der Waals surface area (Å²) in [6, 6.07) is 18.5. The molecule has 4 rings (SSSR count). The van der Waals surface area contributed by atoms with E-state index in [1.54, 1.807) is 25.1 Å². The van der Waals surface area contributed by atoms with Crippen molar-refractivity contribution in [1.29, 1.82) is 0 Å². The SMILES string of the molecule is C[C@H]1Oc2ccccc2O[C@H]1C(=O)Nc1sc(-c2ccccc2)cc1C(N)=O. The molecule has 0 aliphatic carbocycles. The lowest BCUT2D eigenvalue weighted by Gasteiger charge is -2.30. The van der Waals surface area contributed by atoms with Gasteiger partial charge in [0.25, 0.3) is 11.8 Å². The Hall–Kier alpha value is -3.32. The molecule has 0 saturated heterocycles. The van der Waals surface area contributed by atoms with Gasteiger partial charge in [-0.25, -0.2) is 0 Å². The van der Waals surface area contributed by atoms with Crippen molar-refractivity contribution >= 4 is 28.2 Å². The molecule has 2 atom stereocenters. The number of rotatable bonds is 4. The van der Waals surface area contributed by atoms with Crippen LogP contribution in [0.15, 0.2) is 60.7 Å². The van der Waals surface area contributed by atoms with Crippen LogP contribution in [0, 0.1) is 0 Å². The van der Waals surface area contributed by atoms with Crippen LogP contribution in [-0.4, -0.2) is 24.0 Å². The van der Waals surface area contributed by atoms with E-state index in [1.165, 1.54) is 11.3 Å². The molecule has 0 saturated carbocycles. The van der Waals surface area contributed by atoms with Crippen molar-refractivity contribution in [1.82, 2.24) is 0 Å². The molecular formula is C21H18N2O4S. The number of primary amides is 1. The number of para-hydroxylation sites is 2.